The average molecular weight is 430 g/mol. The lowest BCUT2D eigenvalue weighted by atomic mass is 10.2. The summed E-state index contributed by atoms with van der Waals surface area (Å²) >= 11 is 6.08. The number of pyridine rings is 2. The maximum Gasteiger partial charge on any atom is 0.319 e. The van der Waals surface area contributed by atoms with E-state index in [1.165, 1.54) is 18.5 Å². The lowest BCUT2D eigenvalue weighted by molar-refractivity contribution is 0.251. The van der Waals surface area contributed by atoms with Crippen LogP contribution in [0.15, 0.2) is 55.1 Å². The Morgan fingerprint density at radius 3 is 2.60 bits per heavy atom. The largest absolute Gasteiger partial charge is 0.450 e. The Hall–Kier alpha value is -3.72. The minimum Gasteiger partial charge on any atom is -0.450 e. The molecule has 0 aliphatic rings. The van der Waals surface area contributed by atoms with Crippen molar-refractivity contribution in [2.45, 2.75) is 6.54 Å². The van der Waals surface area contributed by atoms with Crippen LogP contribution in [0.2, 0.25) is 5.02 Å². The van der Waals surface area contributed by atoms with Gasteiger partial charge in [0.05, 0.1) is 10.4 Å². The summed E-state index contributed by atoms with van der Waals surface area (Å²) < 4.78 is 34.5. The van der Waals surface area contributed by atoms with Crippen LogP contribution in [0.1, 0.15) is 5.56 Å². The molecule has 3 aromatic heterocycles. The SMILES string of the molecule is O=C(NCc1ccncc1)Nc1cc(F)c(Oc2ccnc3[nH]cc(Cl)c23)c(F)c1. The zero-order chi connectivity index (χ0) is 21.1. The third-order valence-electron chi connectivity index (χ3n) is 4.16. The van der Waals surface area contributed by atoms with Crippen LogP contribution < -0.4 is 15.4 Å². The molecular weight excluding hydrogens is 416 g/mol. The number of anilines is 1. The summed E-state index contributed by atoms with van der Waals surface area (Å²) in [4.78, 5) is 22.8. The molecule has 0 atom stereocenters. The third kappa shape index (κ3) is 4.15. The van der Waals surface area contributed by atoms with Gasteiger partial charge in [-0.1, -0.05) is 11.6 Å². The van der Waals surface area contributed by atoms with Crippen LogP contribution in [-0.4, -0.2) is 21.0 Å². The van der Waals surface area contributed by atoms with Gasteiger partial charge in [-0.05, 0) is 23.8 Å². The van der Waals surface area contributed by atoms with E-state index in [-0.39, 0.29) is 18.0 Å². The molecule has 4 rings (SSSR count). The van der Waals surface area contributed by atoms with E-state index in [0.717, 1.165) is 17.7 Å². The first-order chi connectivity index (χ1) is 14.5. The summed E-state index contributed by atoms with van der Waals surface area (Å²) in [5.74, 6) is -2.46. The van der Waals surface area contributed by atoms with Crippen LogP contribution >= 0.6 is 11.6 Å². The number of nitrogens with one attached hydrogen (secondary N) is 3. The Balaban J connectivity index is 1.49. The van der Waals surface area contributed by atoms with Crippen LogP contribution in [0.25, 0.3) is 11.0 Å². The molecule has 0 radical (unpaired) electrons. The van der Waals surface area contributed by atoms with Gasteiger partial charge in [0.2, 0.25) is 0 Å². The lowest BCUT2D eigenvalue weighted by Crippen LogP contribution is -2.28. The quantitative estimate of drug-likeness (QED) is 0.416. The summed E-state index contributed by atoms with van der Waals surface area (Å²) in [6, 6.07) is 6.22. The predicted molar refractivity (Wildman–Crippen MR) is 108 cm³/mol. The van der Waals surface area contributed by atoms with Gasteiger partial charge < -0.3 is 20.4 Å². The smallest absolute Gasteiger partial charge is 0.319 e. The lowest BCUT2D eigenvalue weighted by Gasteiger charge is -2.12. The van der Waals surface area contributed by atoms with E-state index in [0.29, 0.717) is 16.1 Å². The van der Waals surface area contributed by atoms with Gasteiger partial charge in [-0.15, -0.1) is 0 Å². The number of amides is 2. The van der Waals surface area contributed by atoms with Crippen molar-refractivity contribution in [1.29, 1.82) is 0 Å². The number of H-pyrrole nitrogens is 1. The number of fused-ring (bicyclic) bond motifs is 1. The summed E-state index contributed by atoms with van der Waals surface area (Å²) in [5, 5.41) is 5.67. The molecule has 4 aromatic rings. The zero-order valence-electron chi connectivity index (χ0n) is 15.2. The molecule has 3 heterocycles. The monoisotopic (exact) mass is 429 g/mol. The van der Waals surface area contributed by atoms with Crippen LogP contribution in [0, 0.1) is 11.6 Å². The van der Waals surface area contributed by atoms with Crippen molar-refractivity contribution in [3.63, 3.8) is 0 Å². The van der Waals surface area contributed by atoms with Crippen LogP contribution in [0.5, 0.6) is 11.5 Å². The highest BCUT2D eigenvalue weighted by Gasteiger charge is 2.18. The maximum atomic E-state index is 14.5. The summed E-state index contributed by atoms with van der Waals surface area (Å²) in [5.41, 5.74) is 1.18. The Labute approximate surface area is 174 Å². The second-order valence-electron chi connectivity index (χ2n) is 6.20. The van der Waals surface area contributed by atoms with E-state index in [1.807, 2.05) is 0 Å². The van der Waals surface area contributed by atoms with E-state index in [1.54, 1.807) is 24.5 Å². The number of halogens is 3. The van der Waals surface area contributed by atoms with E-state index < -0.39 is 23.4 Å². The Morgan fingerprint density at radius 1 is 1.13 bits per heavy atom. The van der Waals surface area contributed by atoms with Crippen LogP contribution in [0.3, 0.4) is 0 Å². The molecule has 10 heteroatoms. The molecule has 0 saturated heterocycles. The van der Waals surface area contributed by atoms with Gasteiger partial charge in [-0.3, -0.25) is 4.98 Å². The first kappa shape index (κ1) is 19.6. The number of urea groups is 1. The molecule has 30 heavy (non-hydrogen) atoms. The molecular formula is C20H14ClF2N5O2. The van der Waals surface area contributed by atoms with Gasteiger partial charge >= 0.3 is 6.03 Å². The van der Waals surface area contributed by atoms with Gasteiger partial charge in [0.1, 0.15) is 11.4 Å². The maximum absolute atomic E-state index is 14.5. The molecule has 152 valence electrons. The van der Waals surface area contributed by atoms with Crippen molar-refractivity contribution in [3.05, 3.63) is 77.3 Å². The van der Waals surface area contributed by atoms with Crippen molar-refractivity contribution in [2.24, 2.45) is 0 Å². The molecule has 7 nitrogen and oxygen atoms in total. The first-order valence-electron chi connectivity index (χ1n) is 8.73. The zero-order valence-corrected chi connectivity index (χ0v) is 16.0. The van der Waals surface area contributed by atoms with E-state index >= 15 is 0 Å². The number of hydrogen-bond donors (Lipinski definition) is 3. The van der Waals surface area contributed by atoms with Gasteiger partial charge in [-0.2, -0.15) is 0 Å². The van der Waals surface area contributed by atoms with Crippen molar-refractivity contribution < 1.29 is 18.3 Å². The molecule has 0 aliphatic heterocycles. The minimum absolute atomic E-state index is 0.0656. The minimum atomic E-state index is -0.990. The molecule has 0 fully saturated rings. The predicted octanol–water partition coefficient (Wildman–Crippen LogP) is 5.00. The fraction of sp³-hybridized carbons (Fsp3) is 0.0500. The highest BCUT2D eigenvalue weighted by atomic mass is 35.5. The molecule has 0 aliphatic carbocycles. The van der Waals surface area contributed by atoms with Crippen molar-refractivity contribution in [2.75, 3.05) is 5.32 Å². The summed E-state index contributed by atoms with van der Waals surface area (Å²) in [6.45, 7) is 0.232. The van der Waals surface area contributed by atoms with Crippen LogP contribution in [-0.2, 0) is 6.54 Å². The Kier molecular flexibility index (Phi) is 5.44. The third-order valence-corrected chi connectivity index (χ3v) is 4.46. The number of aromatic amines is 1. The normalized spacial score (nSPS) is 10.8. The first-order valence-corrected chi connectivity index (χ1v) is 9.11. The standard InChI is InChI=1S/C20H14ClF2N5O2/c21-13-10-26-19-17(13)16(3-6-25-19)30-18-14(22)7-12(8-15(18)23)28-20(29)27-9-11-1-4-24-5-2-11/h1-8,10H,9H2,(H,25,26)(H2,27,28,29). The topological polar surface area (TPSA) is 91.9 Å². The fourth-order valence-electron chi connectivity index (χ4n) is 2.77. The summed E-state index contributed by atoms with van der Waals surface area (Å²) in [6.07, 6.45) is 6.10. The van der Waals surface area contributed by atoms with Crippen molar-refractivity contribution >= 4 is 34.4 Å². The van der Waals surface area contributed by atoms with Gasteiger partial charge in [0.15, 0.2) is 17.4 Å². The van der Waals surface area contributed by atoms with Gasteiger partial charge in [0.25, 0.3) is 0 Å². The number of hydrogen-bond acceptors (Lipinski definition) is 4. The molecule has 0 saturated carbocycles. The van der Waals surface area contributed by atoms with Crippen LogP contribution in [0.4, 0.5) is 19.3 Å². The number of carbonyl (C=O) groups is 1. The fourth-order valence-corrected chi connectivity index (χ4v) is 3.01. The van der Waals surface area contributed by atoms with E-state index in [4.69, 9.17) is 16.3 Å². The highest BCUT2D eigenvalue weighted by Crippen LogP contribution is 2.36. The Morgan fingerprint density at radius 2 is 1.87 bits per heavy atom. The molecule has 3 N–H and O–H groups in total. The van der Waals surface area contributed by atoms with E-state index in [9.17, 15) is 13.6 Å². The molecule has 0 bridgehead atoms. The number of rotatable bonds is 5. The number of aromatic nitrogens is 3. The second kappa shape index (κ2) is 8.34. The van der Waals surface area contributed by atoms with E-state index in [2.05, 4.69) is 25.6 Å². The highest BCUT2D eigenvalue weighted by molar-refractivity contribution is 6.36. The average Bonchev–Trinajstić information content (AvgIpc) is 3.12. The summed E-state index contributed by atoms with van der Waals surface area (Å²) in [7, 11) is 0. The van der Waals surface area contributed by atoms with Crippen molar-refractivity contribution in [3.8, 4) is 11.5 Å². The van der Waals surface area contributed by atoms with Crippen molar-refractivity contribution in [1.82, 2.24) is 20.3 Å². The molecule has 2 amide bonds. The number of ether oxygens (including phenoxy) is 1. The number of nitrogens with zero attached hydrogens (tertiary/aromatic N) is 2. The molecule has 0 unspecified atom stereocenters. The van der Waals surface area contributed by atoms with Gasteiger partial charge in [-0.25, -0.2) is 18.6 Å². The number of benzene rings is 1. The Bertz CT molecular complexity index is 1190. The molecule has 1 aromatic carbocycles. The second-order valence-corrected chi connectivity index (χ2v) is 6.61. The molecule has 0 spiro atoms. The van der Waals surface area contributed by atoms with Gasteiger partial charge in [0, 0.05) is 49.2 Å². The number of carbonyl (C=O) groups excluding carboxylic acids is 1.